The molecule has 2 aliphatic rings. The highest BCUT2D eigenvalue weighted by atomic mass is 16.5. The van der Waals surface area contributed by atoms with Crippen LogP contribution >= 0.6 is 0 Å². The zero-order valence-electron chi connectivity index (χ0n) is 17.0. The number of carbonyl (C=O) groups is 2. The van der Waals surface area contributed by atoms with Crippen molar-refractivity contribution in [2.45, 2.75) is 13.0 Å². The topological polar surface area (TPSA) is 89.5 Å². The summed E-state index contributed by atoms with van der Waals surface area (Å²) in [6, 6.07) is 10.8. The van der Waals surface area contributed by atoms with Crippen LogP contribution in [-0.4, -0.2) is 31.0 Å². The normalized spacial score (nSPS) is 23.8. The Morgan fingerprint density at radius 1 is 1.03 bits per heavy atom. The number of fused-ring (bicyclic) bond motifs is 2. The lowest BCUT2D eigenvalue weighted by molar-refractivity contribution is -0.133. The minimum absolute atomic E-state index is 0.0600. The van der Waals surface area contributed by atoms with Crippen LogP contribution in [0.1, 0.15) is 12.1 Å². The molecule has 4 rings (SSSR count). The van der Waals surface area contributed by atoms with E-state index in [9.17, 15) is 9.59 Å². The van der Waals surface area contributed by atoms with Gasteiger partial charge in [-0.2, -0.15) is 0 Å². The highest BCUT2D eigenvalue weighted by Gasteiger charge is 2.51. The summed E-state index contributed by atoms with van der Waals surface area (Å²) < 4.78 is 10.6. The van der Waals surface area contributed by atoms with Gasteiger partial charge < -0.3 is 20.1 Å². The number of aromatic nitrogens is 1. The second-order valence-electron chi connectivity index (χ2n) is 7.59. The number of methoxy groups -OCH3 is 2. The van der Waals surface area contributed by atoms with Gasteiger partial charge in [0.2, 0.25) is 11.8 Å². The second-order valence-corrected chi connectivity index (χ2v) is 7.59. The van der Waals surface area contributed by atoms with E-state index in [0.29, 0.717) is 23.7 Å². The fourth-order valence-corrected chi connectivity index (χ4v) is 4.45. The van der Waals surface area contributed by atoms with Crippen molar-refractivity contribution >= 4 is 17.5 Å². The maximum atomic E-state index is 13.2. The number of ether oxygens (including phenoxy) is 2. The van der Waals surface area contributed by atoms with Crippen molar-refractivity contribution in [1.29, 1.82) is 0 Å². The van der Waals surface area contributed by atoms with Gasteiger partial charge in [0.1, 0.15) is 11.5 Å². The molecule has 1 heterocycles. The number of amides is 2. The Morgan fingerprint density at radius 2 is 1.80 bits per heavy atom. The molecule has 0 unspecified atom stereocenters. The third-order valence-electron chi connectivity index (χ3n) is 5.90. The molecule has 2 aromatic rings. The van der Waals surface area contributed by atoms with E-state index in [2.05, 4.69) is 27.8 Å². The zero-order valence-corrected chi connectivity index (χ0v) is 17.0. The van der Waals surface area contributed by atoms with Crippen LogP contribution < -0.4 is 20.1 Å². The first-order valence-corrected chi connectivity index (χ1v) is 9.99. The van der Waals surface area contributed by atoms with E-state index in [1.165, 1.54) is 0 Å². The maximum Gasteiger partial charge on any atom is 0.229 e. The predicted octanol–water partition coefficient (Wildman–Crippen LogP) is 2.79. The van der Waals surface area contributed by atoms with Gasteiger partial charge in [-0.05, 0) is 42.5 Å². The Bertz CT molecular complexity index is 960. The molecular weight excluding hydrogens is 382 g/mol. The fourth-order valence-electron chi connectivity index (χ4n) is 4.45. The molecule has 2 amide bonds. The van der Waals surface area contributed by atoms with Crippen molar-refractivity contribution in [2.24, 2.45) is 23.7 Å². The van der Waals surface area contributed by atoms with Gasteiger partial charge in [-0.25, -0.2) is 0 Å². The molecular formula is C23H25N3O4. The molecule has 156 valence electrons. The van der Waals surface area contributed by atoms with Crippen molar-refractivity contribution in [3.05, 3.63) is 60.4 Å². The van der Waals surface area contributed by atoms with Crippen LogP contribution in [-0.2, 0) is 16.1 Å². The van der Waals surface area contributed by atoms with Crippen molar-refractivity contribution in [3.8, 4) is 11.5 Å². The van der Waals surface area contributed by atoms with Gasteiger partial charge in [-0.15, -0.1) is 0 Å². The summed E-state index contributed by atoms with van der Waals surface area (Å²) in [6.45, 7) is 0.345. The minimum Gasteiger partial charge on any atom is -0.497 e. The molecule has 1 fully saturated rings. The first kappa shape index (κ1) is 19.9. The molecule has 4 atom stereocenters. The summed E-state index contributed by atoms with van der Waals surface area (Å²) >= 11 is 0. The quantitative estimate of drug-likeness (QED) is 0.689. The molecule has 30 heavy (non-hydrogen) atoms. The third-order valence-corrected chi connectivity index (χ3v) is 5.90. The molecule has 7 nitrogen and oxygen atoms in total. The summed E-state index contributed by atoms with van der Waals surface area (Å²) in [6.07, 6.45) is 6.63. The number of allylic oxidation sites excluding steroid dienone is 2. The summed E-state index contributed by atoms with van der Waals surface area (Å²) in [5.74, 6) is 0.185. The van der Waals surface area contributed by atoms with Gasteiger partial charge in [0, 0.05) is 12.3 Å². The first-order chi connectivity index (χ1) is 14.6. The van der Waals surface area contributed by atoms with Crippen LogP contribution in [0.3, 0.4) is 0 Å². The molecule has 0 radical (unpaired) electrons. The number of anilines is 1. The molecule has 1 saturated carbocycles. The molecule has 2 N–H and O–H groups in total. The smallest absolute Gasteiger partial charge is 0.229 e. The summed E-state index contributed by atoms with van der Waals surface area (Å²) in [7, 11) is 3.11. The molecule has 1 aromatic carbocycles. The number of rotatable bonds is 7. The van der Waals surface area contributed by atoms with Crippen LogP contribution in [0, 0.1) is 23.7 Å². The van der Waals surface area contributed by atoms with Gasteiger partial charge in [-0.1, -0.05) is 18.2 Å². The standard InChI is InChI=1S/C23H25N3O4/c1-29-17-8-9-18(19(12-17)30-2)26-23(28)21-15-7-6-14(11-15)20(21)22(27)25-13-16-5-3-4-10-24-16/h3-10,12,14-15,20-21H,11,13H2,1-2H3,(H,25,27)(H,26,28)/t14-,15-,20+,21+/m1/s1. The van der Waals surface area contributed by atoms with Crippen LogP contribution in [0.2, 0.25) is 0 Å². The number of nitrogens with zero attached hydrogens (tertiary/aromatic N) is 1. The summed E-state index contributed by atoms with van der Waals surface area (Å²) in [5.41, 5.74) is 1.34. The lowest BCUT2D eigenvalue weighted by atomic mass is 9.81. The SMILES string of the molecule is COc1ccc(NC(=O)[C@@H]2[C@@H](C(=O)NCc3ccccn3)[C@@H]3C=C[C@@H]2C3)c(OC)c1. The van der Waals surface area contributed by atoms with Crippen LogP contribution in [0.5, 0.6) is 11.5 Å². The number of hydrogen-bond donors (Lipinski definition) is 2. The Hall–Kier alpha value is -3.35. The van der Waals surface area contributed by atoms with Crippen molar-refractivity contribution in [3.63, 3.8) is 0 Å². The highest BCUT2D eigenvalue weighted by Crippen LogP contribution is 2.48. The minimum atomic E-state index is -0.421. The van der Waals surface area contributed by atoms with Crippen molar-refractivity contribution < 1.29 is 19.1 Å². The van der Waals surface area contributed by atoms with E-state index in [1.54, 1.807) is 38.6 Å². The van der Waals surface area contributed by atoms with E-state index in [4.69, 9.17) is 9.47 Å². The molecule has 0 aliphatic heterocycles. The Balaban J connectivity index is 1.48. The van der Waals surface area contributed by atoms with Gasteiger partial charge in [0.25, 0.3) is 0 Å². The second kappa shape index (κ2) is 8.57. The molecule has 1 aromatic heterocycles. The Morgan fingerprint density at radius 3 is 2.47 bits per heavy atom. The van der Waals surface area contributed by atoms with Crippen molar-refractivity contribution in [1.82, 2.24) is 10.3 Å². The number of pyridine rings is 1. The highest BCUT2D eigenvalue weighted by molar-refractivity contribution is 5.98. The van der Waals surface area contributed by atoms with Gasteiger partial charge >= 0.3 is 0 Å². The van der Waals surface area contributed by atoms with E-state index in [0.717, 1.165) is 12.1 Å². The van der Waals surface area contributed by atoms with E-state index < -0.39 is 11.8 Å². The number of benzene rings is 1. The van der Waals surface area contributed by atoms with Gasteiger partial charge in [0.05, 0.1) is 44.0 Å². The van der Waals surface area contributed by atoms with Gasteiger partial charge in [-0.3, -0.25) is 14.6 Å². The lowest BCUT2D eigenvalue weighted by Crippen LogP contribution is -2.41. The third kappa shape index (κ3) is 3.87. The van der Waals surface area contributed by atoms with E-state index in [1.807, 2.05) is 18.2 Å². The average molecular weight is 407 g/mol. The monoisotopic (exact) mass is 407 g/mol. The van der Waals surface area contributed by atoms with Crippen LogP contribution in [0.15, 0.2) is 54.7 Å². The maximum absolute atomic E-state index is 13.2. The number of hydrogen-bond acceptors (Lipinski definition) is 5. The van der Waals surface area contributed by atoms with Crippen LogP contribution in [0.25, 0.3) is 0 Å². The summed E-state index contributed by atoms with van der Waals surface area (Å²) in [4.78, 5) is 30.4. The van der Waals surface area contributed by atoms with Crippen LogP contribution in [0.4, 0.5) is 5.69 Å². The average Bonchev–Trinajstić information content (AvgIpc) is 3.40. The molecule has 2 bridgehead atoms. The van der Waals surface area contributed by atoms with E-state index in [-0.39, 0.29) is 23.7 Å². The first-order valence-electron chi connectivity index (χ1n) is 9.99. The molecule has 7 heteroatoms. The lowest BCUT2D eigenvalue weighted by Gasteiger charge is -2.26. The molecule has 0 saturated heterocycles. The van der Waals surface area contributed by atoms with Crippen molar-refractivity contribution in [2.75, 3.05) is 19.5 Å². The Labute approximate surface area is 175 Å². The zero-order chi connectivity index (χ0) is 21.1. The predicted molar refractivity (Wildman–Crippen MR) is 112 cm³/mol. The molecule has 2 aliphatic carbocycles. The number of nitrogens with one attached hydrogen (secondary N) is 2. The summed E-state index contributed by atoms with van der Waals surface area (Å²) in [5, 5.41) is 5.91. The van der Waals surface area contributed by atoms with E-state index >= 15 is 0 Å². The van der Waals surface area contributed by atoms with Gasteiger partial charge in [0.15, 0.2) is 0 Å². The number of carbonyl (C=O) groups excluding carboxylic acids is 2. The Kier molecular flexibility index (Phi) is 5.70. The fraction of sp³-hybridized carbons (Fsp3) is 0.348. The molecule has 0 spiro atoms. The largest absolute Gasteiger partial charge is 0.497 e.